The van der Waals surface area contributed by atoms with E-state index < -0.39 is 11.8 Å². The molecule has 2 aromatic carbocycles. The molecular formula is C20H16O4. The Kier molecular flexibility index (Phi) is 4.57. The van der Waals surface area contributed by atoms with E-state index in [0.29, 0.717) is 5.76 Å². The first-order chi connectivity index (χ1) is 11.7. The molecule has 0 N–H and O–H groups in total. The molecule has 1 aromatic heterocycles. The molecule has 0 saturated heterocycles. The van der Waals surface area contributed by atoms with Gasteiger partial charge in [0.1, 0.15) is 5.76 Å². The first kappa shape index (κ1) is 15.7. The molecule has 120 valence electrons. The number of carbonyl (C=O) groups excluding carboxylic acids is 2. The fraction of sp³-hybridized carbons (Fsp3) is 0.100. The van der Waals surface area contributed by atoms with E-state index in [4.69, 9.17) is 4.42 Å². The van der Waals surface area contributed by atoms with E-state index in [9.17, 15) is 9.59 Å². The molecule has 0 radical (unpaired) electrons. The van der Waals surface area contributed by atoms with Gasteiger partial charge in [-0.05, 0) is 30.2 Å². The van der Waals surface area contributed by atoms with Crippen molar-refractivity contribution in [1.82, 2.24) is 0 Å². The smallest absolute Gasteiger partial charge is 0.383 e. The number of hydrogen-bond acceptors (Lipinski definition) is 4. The van der Waals surface area contributed by atoms with Crippen LogP contribution in [0, 0.1) is 0 Å². The largest absolute Gasteiger partial charge is 0.460 e. The van der Waals surface area contributed by atoms with Gasteiger partial charge in [-0.2, -0.15) is 0 Å². The first-order valence-corrected chi connectivity index (χ1v) is 7.66. The summed E-state index contributed by atoms with van der Waals surface area (Å²) in [7, 11) is 0. The van der Waals surface area contributed by atoms with Crippen molar-refractivity contribution in [2.24, 2.45) is 0 Å². The highest BCUT2D eigenvalue weighted by molar-refractivity contribution is 6.39. The van der Waals surface area contributed by atoms with Crippen LogP contribution in [0.5, 0.6) is 0 Å². The van der Waals surface area contributed by atoms with Gasteiger partial charge in [0.15, 0.2) is 5.76 Å². The Morgan fingerprint density at radius 3 is 2.12 bits per heavy atom. The summed E-state index contributed by atoms with van der Waals surface area (Å²) in [6, 6.07) is 21.0. The van der Waals surface area contributed by atoms with Crippen molar-refractivity contribution >= 4 is 11.8 Å². The molecule has 0 aliphatic carbocycles. The van der Waals surface area contributed by atoms with Crippen LogP contribution < -0.4 is 0 Å². The molecule has 4 heteroatoms. The van der Waals surface area contributed by atoms with Crippen molar-refractivity contribution in [1.29, 1.82) is 0 Å². The number of esters is 1. The molecule has 3 aromatic rings. The lowest BCUT2D eigenvalue weighted by Gasteiger charge is -2.03. The van der Waals surface area contributed by atoms with E-state index in [-0.39, 0.29) is 12.4 Å². The normalized spacial score (nSPS) is 10.4. The summed E-state index contributed by atoms with van der Waals surface area (Å²) in [5, 5.41) is 0. The van der Waals surface area contributed by atoms with E-state index in [1.807, 2.05) is 54.6 Å². The molecule has 0 spiro atoms. The van der Waals surface area contributed by atoms with E-state index in [2.05, 4.69) is 4.74 Å². The number of hydrogen-bond donors (Lipinski definition) is 0. The van der Waals surface area contributed by atoms with Gasteiger partial charge in [-0.1, -0.05) is 54.6 Å². The third-order valence-corrected chi connectivity index (χ3v) is 3.57. The van der Waals surface area contributed by atoms with Crippen LogP contribution in [0.1, 0.15) is 17.5 Å². The lowest BCUT2D eigenvalue weighted by Crippen LogP contribution is -2.16. The van der Waals surface area contributed by atoms with Crippen molar-refractivity contribution in [3.63, 3.8) is 0 Å². The Balaban J connectivity index is 1.81. The number of rotatable bonds is 5. The molecule has 0 amide bonds. The molecule has 1 heterocycles. The number of furan rings is 1. The molecule has 0 unspecified atom stereocenters. The van der Waals surface area contributed by atoms with Crippen LogP contribution in [0.3, 0.4) is 0 Å². The monoisotopic (exact) mass is 320 g/mol. The molecule has 4 nitrogen and oxygen atoms in total. The van der Waals surface area contributed by atoms with Gasteiger partial charge in [0.05, 0.1) is 6.61 Å². The zero-order chi connectivity index (χ0) is 16.9. The van der Waals surface area contributed by atoms with Gasteiger partial charge in [0, 0.05) is 5.56 Å². The second kappa shape index (κ2) is 6.96. The molecule has 0 aliphatic heterocycles. The van der Waals surface area contributed by atoms with Gasteiger partial charge in [0.25, 0.3) is 0 Å². The minimum Gasteiger partial charge on any atom is -0.460 e. The van der Waals surface area contributed by atoms with Crippen LogP contribution in [0.25, 0.3) is 22.5 Å². The van der Waals surface area contributed by atoms with Gasteiger partial charge >= 0.3 is 11.8 Å². The predicted octanol–water partition coefficient (Wildman–Crippen LogP) is 4.36. The second-order valence-electron chi connectivity index (χ2n) is 5.16. The molecule has 0 fully saturated rings. The van der Waals surface area contributed by atoms with Crippen molar-refractivity contribution in [3.8, 4) is 22.5 Å². The number of ether oxygens (including phenoxy) is 1. The van der Waals surface area contributed by atoms with Gasteiger partial charge in [-0.3, -0.25) is 4.79 Å². The fourth-order valence-corrected chi connectivity index (χ4v) is 2.37. The maximum absolute atomic E-state index is 11.9. The molecule has 0 aliphatic rings. The van der Waals surface area contributed by atoms with Gasteiger partial charge in [0.2, 0.25) is 0 Å². The Morgan fingerprint density at radius 1 is 0.833 bits per heavy atom. The number of ketones is 1. The number of carbonyl (C=O) groups is 2. The van der Waals surface area contributed by atoms with Crippen LogP contribution in [0.4, 0.5) is 0 Å². The highest BCUT2D eigenvalue weighted by atomic mass is 16.5. The van der Waals surface area contributed by atoms with Crippen LogP contribution in [-0.2, 0) is 9.53 Å². The predicted molar refractivity (Wildman–Crippen MR) is 90.5 cm³/mol. The summed E-state index contributed by atoms with van der Waals surface area (Å²) in [5.74, 6) is -1.17. The Labute approximate surface area is 139 Å². The van der Waals surface area contributed by atoms with Crippen LogP contribution in [-0.4, -0.2) is 18.4 Å². The Hall–Kier alpha value is -3.14. The minimum atomic E-state index is -0.905. The topological polar surface area (TPSA) is 56.5 Å². The third kappa shape index (κ3) is 3.27. The first-order valence-electron chi connectivity index (χ1n) is 7.66. The van der Waals surface area contributed by atoms with E-state index in [1.165, 1.54) is 6.07 Å². The van der Waals surface area contributed by atoms with Crippen molar-refractivity contribution in [2.75, 3.05) is 6.61 Å². The van der Waals surface area contributed by atoms with Gasteiger partial charge in [-0.15, -0.1) is 0 Å². The fourth-order valence-electron chi connectivity index (χ4n) is 2.37. The average molecular weight is 320 g/mol. The SMILES string of the molecule is CCOC(=O)C(=O)c1ccc(-c2ccc(-c3ccccc3)cc2)o1. The molecule has 0 saturated carbocycles. The summed E-state index contributed by atoms with van der Waals surface area (Å²) < 4.78 is 10.2. The zero-order valence-electron chi connectivity index (χ0n) is 13.2. The zero-order valence-corrected chi connectivity index (χ0v) is 13.2. The number of benzene rings is 2. The Bertz CT molecular complexity index is 845. The highest BCUT2D eigenvalue weighted by Gasteiger charge is 2.21. The number of Topliss-reactive ketones (excluding diaryl/α,β-unsaturated/α-hetero) is 1. The minimum absolute atomic E-state index is 0.0180. The van der Waals surface area contributed by atoms with Crippen molar-refractivity contribution in [2.45, 2.75) is 6.92 Å². The molecule has 0 bridgehead atoms. The summed E-state index contributed by atoms with van der Waals surface area (Å²) in [6.07, 6.45) is 0. The average Bonchev–Trinajstić information content (AvgIpc) is 3.12. The maximum Gasteiger partial charge on any atom is 0.383 e. The van der Waals surface area contributed by atoms with Gasteiger partial charge < -0.3 is 9.15 Å². The summed E-state index contributed by atoms with van der Waals surface area (Å²) in [5.41, 5.74) is 3.05. The molecule has 3 rings (SSSR count). The van der Waals surface area contributed by atoms with E-state index in [1.54, 1.807) is 13.0 Å². The maximum atomic E-state index is 11.9. The van der Waals surface area contributed by atoms with Crippen LogP contribution in [0.2, 0.25) is 0 Å². The highest BCUT2D eigenvalue weighted by Crippen LogP contribution is 2.26. The third-order valence-electron chi connectivity index (χ3n) is 3.57. The second-order valence-corrected chi connectivity index (χ2v) is 5.16. The van der Waals surface area contributed by atoms with Crippen molar-refractivity contribution in [3.05, 3.63) is 72.5 Å². The molecular weight excluding hydrogens is 304 g/mol. The summed E-state index contributed by atoms with van der Waals surface area (Å²) >= 11 is 0. The Morgan fingerprint density at radius 2 is 1.46 bits per heavy atom. The summed E-state index contributed by atoms with van der Waals surface area (Å²) in [6.45, 7) is 1.80. The standard InChI is InChI=1S/C20H16O4/c1-2-23-20(22)19(21)18-13-12-17(24-18)16-10-8-15(9-11-16)14-6-4-3-5-7-14/h3-13H,2H2,1H3. The molecule has 24 heavy (non-hydrogen) atoms. The van der Waals surface area contributed by atoms with E-state index >= 15 is 0 Å². The van der Waals surface area contributed by atoms with Crippen LogP contribution in [0.15, 0.2) is 71.1 Å². The van der Waals surface area contributed by atoms with Gasteiger partial charge in [-0.25, -0.2) is 4.79 Å². The lowest BCUT2D eigenvalue weighted by molar-refractivity contribution is -0.137. The lowest BCUT2D eigenvalue weighted by atomic mass is 10.0. The van der Waals surface area contributed by atoms with Crippen LogP contribution >= 0.6 is 0 Å². The molecule has 0 atom stereocenters. The van der Waals surface area contributed by atoms with Crippen molar-refractivity contribution < 1.29 is 18.7 Å². The van der Waals surface area contributed by atoms with E-state index in [0.717, 1.165) is 16.7 Å². The quantitative estimate of drug-likeness (QED) is 0.398. The summed E-state index contributed by atoms with van der Waals surface area (Å²) in [4.78, 5) is 23.3.